The number of nitrogens with two attached hydrogens (primary N) is 1. The highest BCUT2D eigenvalue weighted by atomic mass is 16.2. The van der Waals surface area contributed by atoms with Gasteiger partial charge in [-0.25, -0.2) is 0 Å². The molecule has 0 aromatic heterocycles. The molecule has 1 aliphatic heterocycles. The molecular weight excluding hydrogens is 262 g/mol. The molecule has 1 aliphatic rings. The third-order valence-corrected chi connectivity index (χ3v) is 3.91. The Morgan fingerprint density at radius 1 is 1.38 bits per heavy atom. The van der Waals surface area contributed by atoms with E-state index >= 15 is 0 Å². The monoisotopic (exact) mass is 289 g/mol. The molecule has 0 fully saturated rings. The van der Waals surface area contributed by atoms with Gasteiger partial charge in [0.15, 0.2) is 0 Å². The maximum absolute atomic E-state index is 12.1. The highest BCUT2D eigenvalue weighted by Gasteiger charge is 2.20. The Morgan fingerprint density at radius 2 is 2.14 bits per heavy atom. The molecule has 0 aliphatic carbocycles. The lowest BCUT2D eigenvalue weighted by atomic mass is 9.92. The van der Waals surface area contributed by atoms with E-state index < -0.39 is 0 Å². The highest BCUT2D eigenvalue weighted by Crippen LogP contribution is 2.30. The molecule has 0 saturated carbocycles. The van der Waals surface area contributed by atoms with Gasteiger partial charge in [0.05, 0.1) is 6.54 Å². The summed E-state index contributed by atoms with van der Waals surface area (Å²) in [6.45, 7) is 8.62. The zero-order chi connectivity index (χ0) is 15.5. The predicted molar refractivity (Wildman–Crippen MR) is 88.5 cm³/mol. The summed E-state index contributed by atoms with van der Waals surface area (Å²) in [5, 5.41) is 3.02. The molecule has 0 bridgehead atoms. The molecule has 4 nitrogen and oxygen atoms in total. The smallest absolute Gasteiger partial charge is 0.239 e. The van der Waals surface area contributed by atoms with Crippen molar-refractivity contribution in [2.45, 2.75) is 40.0 Å². The maximum Gasteiger partial charge on any atom is 0.239 e. The summed E-state index contributed by atoms with van der Waals surface area (Å²) in [5.41, 5.74) is 9.43. The average molecular weight is 289 g/mol. The van der Waals surface area contributed by atoms with Crippen molar-refractivity contribution in [1.29, 1.82) is 0 Å². The van der Waals surface area contributed by atoms with Gasteiger partial charge in [0, 0.05) is 24.5 Å². The molecule has 0 atom stereocenters. The molecule has 0 radical (unpaired) electrons. The molecule has 3 N–H and O–H groups in total. The van der Waals surface area contributed by atoms with E-state index in [0.29, 0.717) is 6.54 Å². The lowest BCUT2D eigenvalue weighted by Gasteiger charge is -2.31. The fraction of sp³-hybridized carbons (Fsp3) is 0.588. The summed E-state index contributed by atoms with van der Waals surface area (Å²) in [5.74, 6) is 0.0922. The third kappa shape index (κ3) is 4.38. The molecule has 1 heterocycles. The summed E-state index contributed by atoms with van der Waals surface area (Å²) < 4.78 is 0. The topological polar surface area (TPSA) is 58.4 Å². The first-order valence-electron chi connectivity index (χ1n) is 7.76. The van der Waals surface area contributed by atoms with Gasteiger partial charge in [-0.15, -0.1) is 0 Å². The number of fused-ring (bicyclic) bond motifs is 1. The van der Waals surface area contributed by atoms with Crippen LogP contribution in [-0.2, 0) is 11.2 Å². The van der Waals surface area contributed by atoms with E-state index in [1.807, 2.05) is 12.1 Å². The van der Waals surface area contributed by atoms with Gasteiger partial charge < -0.3 is 16.0 Å². The number of hydrogen-bond donors (Lipinski definition) is 2. The van der Waals surface area contributed by atoms with Crippen LogP contribution in [0.3, 0.4) is 0 Å². The SMILES string of the molecule is CC(C)(C)CCNC(=O)CN1CCCc2c(N)cccc21. The fourth-order valence-electron chi connectivity index (χ4n) is 2.70. The normalized spacial score (nSPS) is 14.7. The molecular formula is C17H27N3O. The Hall–Kier alpha value is -1.71. The Kier molecular flexibility index (Phi) is 4.76. The Morgan fingerprint density at radius 3 is 2.86 bits per heavy atom. The standard InChI is InChI=1S/C17H27N3O/c1-17(2,3)9-10-19-16(21)12-20-11-5-6-13-14(18)7-4-8-15(13)20/h4,7-8H,5-6,9-12,18H2,1-3H3,(H,19,21). The van der Waals surface area contributed by atoms with E-state index in [9.17, 15) is 4.79 Å². The van der Waals surface area contributed by atoms with Crippen molar-refractivity contribution in [2.24, 2.45) is 5.41 Å². The second kappa shape index (κ2) is 6.37. The zero-order valence-electron chi connectivity index (χ0n) is 13.4. The van der Waals surface area contributed by atoms with Gasteiger partial charge in [-0.1, -0.05) is 26.8 Å². The van der Waals surface area contributed by atoms with Crippen LogP contribution in [0.25, 0.3) is 0 Å². The molecule has 1 amide bonds. The van der Waals surface area contributed by atoms with Crippen LogP contribution in [-0.4, -0.2) is 25.5 Å². The minimum Gasteiger partial charge on any atom is -0.398 e. The average Bonchev–Trinajstić information content (AvgIpc) is 2.38. The maximum atomic E-state index is 12.1. The second-order valence-electron chi connectivity index (χ2n) is 7.03. The fourth-order valence-corrected chi connectivity index (χ4v) is 2.70. The molecule has 1 aromatic carbocycles. The number of nitrogens with zero attached hydrogens (tertiary/aromatic N) is 1. The van der Waals surface area contributed by atoms with Crippen molar-refractivity contribution in [3.05, 3.63) is 23.8 Å². The minimum absolute atomic E-state index is 0.0922. The van der Waals surface area contributed by atoms with Crippen LogP contribution >= 0.6 is 0 Å². The van der Waals surface area contributed by atoms with Crippen LogP contribution in [0.2, 0.25) is 0 Å². The number of carbonyl (C=O) groups excluding carboxylic acids is 1. The Balaban J connectivity index is 1.93. The van der Waals surface area contributed by atoms with E-state index in [1.165, 1.54) is 5.56 Å². The van der Waals surface area contributed by atoms with E-state index in [4.69, 9.17) is 5.73 Å². The molecule has 1 aromatic rings. The van der Waals surface area contributed by atoms with Crippen LogP contribution in [0.4, 0.5) is 11.4 Å². The zero-order valence-corrected chi connectivity index (χ0v) is 13.4. The van der Waals surface area contributed by atoms with Crippen molar-refractivity contribution < 1.29 is 4.79 Å². The van der Waals surface area contributed by atoms with Gasteiger partial charge in [-0.2, -0.15) is 0 Å². The summed E-state index contributed by atoms with van der Waals surface area (Å²) in [4.78, 5) is 14.2. The second-order valence-corrected chi connectivity index (χ2v) is 7.03. The van der Waals surface area contributed by atoms with E-state index in [1.54, 1.807) is 0 Å². The number of nitrogen functional groups attached to an aromatic ring is 1. The summed E-state index contributed by atoms with van der Waals surface area (Å²) in [7, 11) is 0. The van der Waals surface area contributed by atoms with Crippen LogP contribution in [0, 0.1) is 5.41 Å². The van der Waals surface area contributed by atoms with E-state index in [2.05, 4.69) is 37.1 Å². The summed E-state index contributed by atoms with van der Waals surface area (Å²) in [6, 6.07) is 5.96. The van der Waals surface area contributed by atoms with Gasteiger partial charge >= 0.3 is 0 Å². The van der Waals surface area contributed by atoms with Crippen LogP contribution < -0.4 is 16.0 Å². The largest absolute Gasteiger partial charge is 0.398 e. The molecule has 21 heavy (non-hydrogen) atoms. The minimum atomic E-state index is 0.0922. The highest BCUT2D eigenvalue weighted by molar-refractivity contribution is 5.82. The quantitative estimate of drug-likeness (QED) is 0.838. The van der Waals surface area contributed by atoms with Crippen LogP contribution in [0.5, 0.6) is 0 Å². The van der Waals surface area contributed by atoms with Crippen molar-refractivity contribution >= 4 is 17.3 Å². The van der Waals surface area contributed by atoms with Crippen LogP contribution in [0.15, 0.2) is 18.2 Å². The first-order chi connectivity index (χ1) is 9.87. The number of hydrogen-bond acceptors (Lipinski definition) is 3. The van der Waals surface area contributed by atoms with Gasteiger partial charge in [0.2, 0.25) is 5.91 Å². The summed E-state index contributed by atoms with van der Waals surface area (Å²) in [6.07, 6.45) is 3.04. The number of amides is 1. The van der Waals surface area contributed by atoms with Gasteiger partial charge in [0.1, 0.15) is 0 Å². The van der Waals surface area contributed by atoms with Crippen molar-refractivity contribution in [1.82, 2.24) is 5.32 Å². The lowest BCUT2D eigenvalue weighted by molar-refractivity contribution is -0.119. The lowest BCUT2D eigenvalue weighted by Crippen LogP contribution is -2.40. The van der Waals surface area contributed by atoms with Gasteiger partial charge in [0.25, 0.3) is 0 Å². The number of anilines is 2. The Labute approximate surface area is 127 Å². The number of carbonyl (C=O) groups is 1. The molecule has 116 valence electrons. The number of benzene rings is 1. The third-order valence-electron chi connectivity index (χ3n) is 3.91. The van der Waals surface area contributed by atoms with Crippen molar-refractivity contribution in [3.63, 3.8) is 0 Å². The first kappa shape index (κ1) is 15.7. The molecule has 0 unspecified atom stereocenters. The van der Waals surface area contributed by atoms with Crippen LogP contribution in [0.1, 0.15) is 39.2 Å². The molecule has 0 spiro atoms. The predicted octanol–water partition coefficient (Wildman–Crippen LogP) is 2.57. The van der Waals surface area contributed by atoms with E-state index in [0.717, 1.165) is 43.7 Å². The number of nitrogens with one attached hydrogen (secondary N) is 1. The van der Waals surface area contributed by atoms with Crippen molar-refractivity contribution in [2.75, 3.05) is 30.3 Å². The van der Waals surface area contributed by atoms with E-state index in [-0.39, 0.29) is 11.3 Å². The summed E-state index contributed by atoms with van der Waals surface area (Å²) >= 11 is 0. The first-order valence-corrected chi connectivity index (χ1v) is 7.76. The van der Waals surface area contributed by atoms with Gasteiger partial charge in [-0.3, -0.25) is 4.79 Å². The van der Waals surface area contributed by atoms with Gasteiger partial charge in [-0.05, 0) is 42.4 Å². The Bertz CT molecular complexity index is 505. The molecule has 4 heteroatoms. The molecule has 0 saturated heterocycles. The molecule has 2 rings (SSSR count). The van der Waals surface area contributed by atoms with Crippen molar-refractivity contribution in [3.8, 4) is 0 Å². The number of rotatable bonds is 4.